The van der Waals surface area contributed by atoms with E-state index in [1.54, 1.807) is 11.3 Å². The molecule has 1 fully saturated rings. The number of carbonyl (C=O) groups is 1. The van der Waals surface area contributed by atoms with Crippen molar-refractivity contribution in [2.24, 2.45) is 0 Å². The minimum absolute atomic E-state index is 0.227. The molecule has 1 aliphatic carbocycles. The van der Waals surface area contributed by atoms with Crippen LogP contribution < -0.4 is 5.32 Å². The monoisotopic (exact) mass is 340 g/mol. The van der Waals surface area contributed by atoms with Crippen LogP contribution in [0, 0.1) is 0 Å². The maximum atomic E-state index is 12.9. The molecule has 1 amide bonds. The van der Waals surface area contributed by atoms with Gasteiger partial charge in [0.15, 0.2) is 0 Å². The Morgan fingerprint density at radius 1 is 1.12 bits per heavy atom. The number of hydrogen-bond donors (Lipinski definition) is 1. The van der Waals surface area contributed by atoms with Crippen LogP contribution >= 0.6 is 11.3 Å². The molecular weight excluding hydrogens is 316 g/mol. The molecule has 2 aliphatic rings. The summed E-state index contributed by atoms with van der Waals surface area (Å²) >= 11 is 1.74. The van der Waals surface area contributed by atoms with Crippen molar-refractivity contribution in [2.75, 3.05) is 18.4 Å². The highest BCUT2D eigenvalue weighted by molar-refractivity contribution is 7.14. The molecule has 1 N–H and O–H groups in total. The Balaban J connectivity index is 1.40. The first-order valence-electron chi connectivity index (χ1n) is 9.02. The van der Waals surface area contributed by atoms with Crippen LogP contribution in [0.1, 0.15) is 45.8 Å². The Bertz CT molecular complexity index is 686. The number of nitrogens with one attached hydrogen (secondary N) is 1. The molecule has 0 spiro atoms. The van der Waals surface area contributed by atoms with Gasteiger partial charge in [-0.05, 0) is 55.9 Å². The molecule has 1 saturated heterocycles. The molecule has 1 unspecified atom stereocenters. The van der Waals surface area contributed by atoms with E-state index in [4.69, 9.17) is 0 Å². The van der Waals surface area contributed by atoms with Crippen LogP contribution in [-0.2, 0) is 12.8 Å². The molecule has 126 valence electrons. The fourth-order valence-corrected chi connectivity index (χ4v) is 4.98. The maximum Gasteiger partial charge on any atom is 0.264 e. The van der Waals surface area contributed by atoms with Gasteiger partial charge in [-0.3, -0.25) is 4.79 Å². The zero-order chi connectivity index (χ0) is 16.4. The summed E-state index contributed by atoms with van der Waals surface area (Å²) in [5, 5.41) is 3.54. The molecule has 1 atom stereocenters. The second-order valence-electron chi connectivity index (χ2n) is 6.87. The van der Waals surface area contributed by atoms with Crippen molar-refractivity contribution in [3.8, 4) is 0 Å². The summed E-state index contributed by atoms with van der Waals surface area (Å²) in [7, 11) is 0. The summed E-state index contributed by atoms with van der Waals surface area (Å²) in [6.07, 6.45) is 7.19. The van der Waals surface area contributed by atoms with Crippen LogP contribution in [0.2, 0.25) is 0 Å². The Hall–Kier alpha value is -1.81. The molecule has 0 radical (unpaired) electrons. The predicted octanol–water partition coefficient (Wildman–Crippen LogP) is 4.34. The molecule has 24 heavy (non-hydrogen) atoms. The Morgan fingerprint density at radius 2 is 1.96 bits per heavy atom. The van der Waals surface area contributed by atoms with Crippen LogP contribution in [0.4, 0.5) is 5.69 Å². The van der Waals surface area contributed by atoms with Crippen molar-refractivity contribution < 1.29 is 4.79 Å². The molecule has 1 aromatic carbocycles. The third kappa shape index (κ3) is 3.34. The molecule has 4 rings (SSSR count). The predicted molar refractivity (Wildman–Crippen MR) is 100.0 cm³/mol. The Kier molecular flexibility index (Phi) is 4.56. The summed E-state index contributed by atoms with van der Waals surface area (Å²) in [4.78, 5) is 17.3. The molecule has 2 aromatic rings. The van der Waals surface area contributed by atoms with E-state index in [-0.39, 0.29) is 5.91 Å². The van der Waals surface area contributed by atoms with Gasteiger partial charge in [0.05, 0.1) is 4.88 Å². The van der Waals surface area contributed by atoms with Crippen molar-refractivity contribution >= 4 is 22.9 Å². The highest BCUT2D eigenvalue weighted by atomic mass is 32.1. The van der Waals surface area contributed by atoms with E-state index in [2.05, 4.69) is 23.5 Å². The second-order valence-corrected chi connectivity index (χ2v) is 8.00. The summed E-state index contributed by atoms with van der Waals surface area (Å²) in [5.41, 5.74) is 2.57. The smallest absolute Gasteiger partial charge is 0.264 e. The number of para-hydroxylation sites is 1. The minimum atomic E-state index is 0.227. The van der Waals surface area contributed by atoms with Crippen LogP contribution in [0.3, 0.4) is 0 Å². The lowest BCUT2D eigenvalue weighted by atomic mass is 10.1. The average Bonchev–Trinajstić information content (AvgIpc) is 3.17. The Labute approximate surface area is 147 Å². The zero-order valence-corrected chi connectivity index (χ0v) is 14.8. The summed E-state index contributed by atoms with van der Waals surface area (Å²) in [6, 6.07) is 12.8. The minimum Gasteiger partial charge on any atom is -0.380 e. The fraction of sp³-hybridized carbons (Fsp3) is 0.450. The lowest BCUT2D eigenvalue weighted by Gasteiger charge is -2.17. The summed E-state index contributed by atoms with van der Waals surface area (Å²) < 4.78 is 0. The van der Waals surface area contributed by atoms with Gasteiger partial charge in [0.2, 0.25) is 0 Å². The topological polar surface area (TPSA) is 32.3 Å². The molecule has 1 aromatic heterocycles. The molecule has 3 nitrogen and oxygen atoms in total. The van der Waals surface area contributed by atoms with Gasteiger partial charge in [0.1, 0.15) is 0 Å². The summed E-state index contributed by atoms with van der Waals surface area (Å²) in [6.45, 7) is 1.65. The van der Waals surface area contributed by atoms with Gasteiger partial charge in [-0.1, -0.05) is 24.6 Å². The van der Waals surface area contributed by atoms with Crippen molar-refractivity contribution in [3.63, 3.8) is 0 Å². The van der Waals surface area contributed by atoms with E-state index >= 15 is 0 Å². The SMILES string of the molecule is O=C(c1cc2c(s1)CCCCC2)N1CCC(Nc2ccccc2)C1. The first-order chi connectivity index (χ1) is 11.8. The van der Waals surface area contributed by atoms with Gasteiger partial charge >= 0.3 is 0 Å². The number of carbonyl (C=O) groups excluding carboxylic acids is 1. The summed E-state index contributed by atoms with van der Waals surface area (Å²) in [5.74, 6) is 0.227. The van der Waals surface area contributed by atoms with Gasteiger partial charge in [0.25, 0.3) is 5.91 Å². The number of benzene rings is 1. The van der Waals surface area contributed by atoms with Gasteiger partial charge in [-0.25, -0.2) is 0 Å². The normalized spacial score (nSPS) is 20.5. The number of nitrogens with zero attached hydrogens (tertiary/aromatic N) is 1. The van der Waals surface area contributed by atoms with Crippen LogP contribution in [0.15, 0.2) is 36.4 Å². The molecule has 4 heteroatoms. The first-order valence-corrected chi connectivity index (χ1v) is 9.84. The van der Waals surface area contributed by atoms with Gasteiger partial charge in [-0.15, -0.1) is 11.3 Å². The number of anilines is 1. The van der Waals surface area contributed by atoms with Crippen LogP contribution in [0.25, 0.3) is 0 Å². The number of rotatable bonds is 3. The van der Waals surface area contributed by atoms with Gasteiger partial charge in [-0.2, -0.15) is 0 Å². The zero-order valence-electron chi connectivity index (χ0n) is 14.0. The van der Waals surface area contributed by atoms with E-state index in [0.717, 1.165) is 42.9 Å². The molecule has 0 saturated carbocycles. The van der Waals surface area contributed by atoms with E-state index < -0.39 is 0 Å². The third-order valence-corrected chi connectivity index (χ3v) is 6.30. The van der Waals surface area contributed by atoms with E-state index in [0.29, 0.717) is 6.04 Å². The number of fused-ring (bicyclic) bond motifs is 1. The average molecular weight is 340 g/mol. The lowest BCUT2D eigenvalue weighted by Crippen LogP contribution is -2.31. The van der Waals surface area contributed by atoms with Crippen molar-refractivity contribution in [1.82, 2.24) is 4.90 Å². The highest BCUT2D eigenvalue weighted by Crippen LogP contribution is 2.30. The Morgan fingerprint density at radius 3 is 2.83 bits per heavy atom. The number of amides is 1. The number of hydrogen-bond acceptors (Lipinski definition) is 3. The van der Waals surface area contributed by atoms with Crippen molar-refractivity contribution in [1.29, 1.82) is 0 Å². The van der Waals surface area contributed by atoms with Gasteiger partial charge in [0, 0.05) is 29.7 Å². The molecule has 2 heterocycles. The lowest BCUT2D eigenvalue weighted by molar-refractivity contribution is 0.0796. The van der Waals surface area contributed by atoms with E-state index in [1.807, 2.05) is 23.1 Å². The standard InChI is InChI=1S/C20H24N2OS/c23-20(19-13-15-7-3-1-6-10-18(15)24-19)22-12-11-17(14-22)21-16-8-4-2-5-9-16/h2,4-5,8-9,13,17,21H,1,3,6-7,10-12,14H2. The van der Waals surface area contributed by atoms with Crippen LogP contribution in [0.5, 0.6) is 0 Å². The van der Waals surface area contributed by atoms with Crippen molar-refractivity contribution in [2.45, 2.75) is 44.6 Å². The number of aryl methyl sites for hydroxylation is 2. The van der Waals surface area contributed by atoms with E-state index in [9.17, 15) is 4.79 Å². The fourth-order valence-electron chi connectivity index (χ4n) is 3.76. The first kappa shape index (κ1) is 15.7. The van der Waals surface area contributed by atoms with Gasteiger partial charge < -0.3 is 10.2 Å². The quantitative estimate of drug-likeness (QED) is 0.843. The third-order valence-electron chi connectivity index (χ3n) is 5.08. The second kappa shape index (κ2) is 6.98. The number of likely N-dealkylation sites (tertiary alicyclic amines) is 1. The van der Waals surface area contributed by atoms with Crippen molar-refractivity contribution in [3.05, 3.63) is 51.7 Å². The molecular formula is C20H24N2OS. The maximum absolute atomic E-state index is 12.9. The number of thiophene rings is 1. The molecule has 0 bridgehead atoms. The molecule has 1 aliphatic heterocycles. The highest BCUT2D eigenvalue weighted by Gasteiger charge is 2.28. The van der Waals surface area contributed by atoms with E-state index in [1.165, 1.54) is 29.7 Å². The van der Waals surface area contributed by atoms with Crippen LogP contribution in [-0.4, -0.2) is 29.9 Å². The largest absolute Gasteiger partial charge is 0.380 e.